The fourth-order valence-corrected chi connectivity index (χ4v) is 2.71. The van der Waals surface area contributed by atoms with Gasteiger partial charge in [0.2, 0.25) is 10.0 Å². The average molecular weight is 356 g/mol. The van der Waals surface area contributed by atoms with Crippen LogP contribution in [0.25, 0.3) is 0 Å². The number of aliphatic carboxylic acids is 1. The largest absolute Gasteiger partial charge is 0.480 e. The smallest absolute Gasteiger partial charge is 0.326 e. The van der Waals surface area contributed by atoms with E-state index in [4.69, 9.17) is 0 Å². The second-order valence-corrected chi connectivity index (χ2v) is 8.58. The second-order valence-electron chi connectivity index (χ2n) is 6.70. The van der Waals surface area contributed by atoms with Gasteiger partial charge in [0.25, 0.3) is 5.91 Å². The summed E-state index contributed by atoms with van der Waals surface area (Å²) < 4.78 is 25.5. The predicted molar refractivity (Wildman–Crippen MR) is 90.3 cm³/mol. The van der Waals surface area contributed by atoms with Gasteiger partial charge in [-0.2, -0.15) is 0 Å². The molecule has 134 valence electrons. The Kier molecular flexibility index (Phi) is 6.50. The molecule has 0 saturated carbocycles. The van der Waals surface area contributed by atoms with Crippen molar-refractivity contribution >= 4 is 21.9 Å². The third-order valence-corrected chi connectivity index (χ3v) is 4.91. The zero-order chi connectivity index (χ0) is 18.5. The van der Waals surface area contributed by atoms with Crippen molar-refractivity contribution in [2.45, 2.75) is 44.6 Å². The van der Waals surface area contributed by atoms with Crippen molar-refractivity contribution in [3.8, 4) is 0 Å². The van der Waals surface area contributed by atoms with Crippen LogP contribution in [0.5, 0.6) is 0 Å². The van der Waals surface area contributed by atoms with E-state index in [1.165, 1.54) is 31.3 Å². The van der Waals surface area contributed by atoms with Gasteiger partial charge in [0.1, 0.15) is 6.04 Å². The van der Waals surface area contributed by atoms with E-state index in [9.17, 15) is 23.1 Å². The SMILES string of the molecule is CNS(=O)(=O)c1ccc(C(=O)NC(CCC(C)(C)C)C(=O)O)cc1. The molecule has 0 radical (unpaired) electrons. The highest BCUT2D eigenvalue weighted by molar-refractivity contribution is 7.89. The molecular weight excluding hydrogens is 332 g/mol. The third-order valence-electron chi connectivity index (χ3n) is 3.48. The van der Waals surface area contributed by atoms with Crippen LogP contribution in [-0.4, -0.2) is 38.5 Å². The van der Waals surface area contributed by atoms with E-state index in [2.05, 4.69) is 10.0 Å². The summed E-state index contributed by atoms with van der Waals surface area (Å²) in [4.78, 5) is 23.5. The van der Waals surface area contributed by atoms with Gasteiger partial charge in [-0.15, -0.1) is 0 Å². The number of carboxylic acids is 1. The van der Waals surface area contributed by atoms with Gasteiger partial charge >= 0.3 is 5.97 Å². The molecule has 3 N–H and O–H groups in total. The molecule has 7 nitrogen and oxygen atoms in total. The van der Waals surface area contributed by atoms with Gasteiger partial charge in [0.05, 0.1) is 4.90 Å². The Morgan fingerprint density at radius 1 is 1.17 bits per heavy atom. The van der Waals surface area contributed by atoms with E-state index < -0.39 is 27.9 Å². The van der Waals surface area contributed by atoms with Crippen LogP contribution in [0.4, 0.5) is 0 Å². The number of rotatable bonds is 7. The van der Waals surface area contributed by atoms with Gasteiger partial charge in [-0.1, -0.05) is 20.8 Å². The summed E-state index contributed by atoms with van der Waals surface area (Å²) in [5, 5.41) is 11.7. The Hall–Kier alpha value is -1.93. The van der Waals surface area contributed by atoms with Crippen molar-refractivity contribution in [3.63, 3.8) is 0 Å². The lowest BCUT2D eigenvalue weighted by Gasteiger charge is -2.21. The van der Waals surface area contributed by atoms with Gasteiger partial charge in [-0.3, -0.25) is 4.79 Å². The molecule has 0 bridgehead atoms. The molecule has 1 amide bonds. The topological polar surface area (TPSA) is 113 Å². The number of amides is 1. The first-order valence-corrected chi connectivity index (χ1v) is 9.02. The van der Waals surface area contributed by atoms with E-state index in [0.717, 1.165) is 0 Å². The summed E-state index contributed by atoms with van der Waals surface area (Å²) in [5.41, 5.74) is 0.161. The van der Waals surface area contributed by atoms with Gasteiger partial charge < -0.3 is 10.4 Å². The molecule has 8 heteroatoms. The second kappa shape index (κ2) is 7.76. The number of sulfonamides is 1. The maximum atomic E-state index is 12.2. The highest BCUT2D eigenvalue weighted by atomic mass is 32.2. The number of nitrogens with one attached hydrogen (secondary N) is 2. The minimum Gasteiger partial charge on any atom is -0.480 e. The monoisotopic (exact) mass is 356 g/mol. The van der Waals surface area contributed by atoms with Gasteiger partial charge in [0, 0.05) is 5.56 Å². The molecule has 1 aromatic carbocycles. The zero-order valence-corrected chi connectivity index (χ0v) is 15.1. The van der Waals surface area contributed by atoms with Crippen molar-refractivity contribution in [3.05, 3.63) is 29.8 Å². The highest BCUT2D eigenvalue weighted by Gasteiger charge is 2.23. The molecule has 24 heavy (non-hydrogen) atoms. The van der Waals surface area contributed by atoms with Crippen molar-refractivity contribution in [1.82, 2.24) is 10.0 Å². The van der Waals surface area contributed by atoms with Gasteiger partial charge in [-0.05, 0) is 49.6 Å². The fourth-order valence-electron chi connectivity index (χ4n) is 1.98. The van der Waals surface area contributed by atoms with Crippen LogP contribution in [0, 0.1) is 5.41 Å². The summed E-state index contributed by atoms with van der Waals surface area (Å²) in [6.07, 6.45) is 0.959. The molecule has 0 spiro atoms. The predicted octanol–water partition coefficient (Wildman–Crippen LogP) is 1.60. The van der Waals surface area contributed by atoms with E-state index in [1.807, 2.05) is 20.8 Å². The van der Waals surface area contributed by atoms with Crippen molar-refractivity contribution in [1.29, 1.82) is 0 Å². The maximum Gasteiger partial charge on any atom is 0.326 e. The molecule has 0 aliphatic heterocycles. The Morgan fingerprint density at radius 3 is 2.12 bits per heavy atom. The van der Waals surface area contributed by atoms with Crippen LogP contribution in [0.15, 0.2) is 29.2 Å². The molecule has 1 unspecified atom stereocenters. The van der Waals surface area contributed by atoms with E-state index >= 15 is 0 Å². The molecule has 1 atom stereocenters. The summed E-state index contributed by atoms with van der Waals surface area (Å²) >= 11 is 0. The molecular formula is C16H24N2O5S. The number of carbonyl (C=O) groups is 2. The first-order chi connectivity index (χ1) is 11.0. The molecule has 1 rings (SSSR count). The zero-order valence-electron chi connectivity index (χ0n) is 14.3. The Bertz CT molecular complexity index is 690. The van der Waals surface area contributed by atoms with E-state index in [-0.39, 0.29) is 15.9 Å². The quantitative estimate of drug-likeness (QED) is 0.687. The Morgan fingerprint density at radius 2 is 1.71 bits per heavy atom. The number of hydrogen-bond acceptors (Lipinski definition) is 4. The van der Waals surface area contributed by atoms with Crippen molar-refractivity contribution in [2.75, 3.05) is 7.05 Å². The number of carboxylic acid groups (broad SMARTS) is 1. The highest BCUT2D eigenvalue weighted by Crippen LogP contribution is 2.22. The van der Waals surface area contributed by atoms with Crippen LogP contribution in [0.2, 0.25) is 0 Å². The Labute approximate surface area is 142 Å². The summed E-state index contributed by atoms with van der Waals surface area (Å²) in [7, 11) is -2.28. The lowest BCUT2D eigenvalue weighted by molar-refractivity contribution is -0.139. The normalized spacial score (nSPS) is 13.3. The van der Waals surface area contributed by atoms with Gasteiger partial charge in [0.15, 0.2) is 0 Å². The Balaban J connectivity index is 2.83. The van der Waals surface area contributed by atoms with Crippen LogP contribution in [0.3, 0.4) is 0 Å². The minimum atomic E-state index is -3.58. The summed E-state index contributed by atoms with van der Waals surface area (Å²) in [5.74, 6) is -1.65. The maximum absolute atomic E-state index is 12.2. The standard InChI is InChI=1S/C16H24N2O5S/c1-16(2,3)10-9-13(15(20)21)18-14(19)11-5-7-12(8-6-11)24(22,23)17-4/h5-8,13,17H,9-10H2,1-4H3,(H,18,19)(H,20,21). The van der Waals surface area contributed by atoms with E-state index in [0.29, 0.717) is 12.8 Å². The summed E-state index contributed by atoms with van der Waals surface area (Å²) in [6, 6.07) is 4.30. The number of hydrogen-bond donors (Lipinski definition) is 3. The third kappa shape index (κ3) is 5.93. The molecule has 0 aliphatic carbocycles. The summed E-state index contributed by atoms with van der Waals surface area (Å²) in [6.45, 7) is 5.98. The number of carbonyl (C=O) groups excluding carboxylic acids is 1. The molecule has 0 heterocycles. The molecule has 0 aliphatic rings. The fraction of sp³-hybridized carbons (Fsp3) is 0.500. The lowest BCUT2D eigenvalue weighted by atomic mass is 9.88. The first kappa shape index (κ1) is 20.1. The molecule has 1 aromatic rings. The van der Waals surface area contributed by atoms with Crippen LogP contribution in [-0.2, 0) is 14.8 Å². The van der Waals surface area contributed by atoms with Gasteiger partial charge in [-0.25, -0.2) is 17.9 Å². The van der Waals surface area contributed by atoms with Crippen LogP contribution < -0.4 is 10.0 Å². The molecule has 0 aromatic heterocycles. The molecule has 0 saturated heterocycles. The van der Waals surface area contributed by atoms with Crippen molar-refractivity contribution < 1.29 is 23.1 Å². The van der Waals surface area contributed by atoms with Crippen molar-refractivity contribution in [2.24, 2.45) is 5.41 Å². The number of benzene rings is 1. The molecule has 0 fully saturated rings. The van der Waals surface area contributed by atoms with Crippen LogP contribution >= 0.6 is 0 Å². The lowest BCUT2D eigenvalue weighted by Crippen LogP contribution is -2.41. The average Bonchev–Trinajstić information content (AvgIpc) is 2.50. The minimum absolute atomic E-state index is 0.0315. The first-order valence-electron chi connectivity index (χ1n) is 7.53. The van der Waals surface area contributed by atoms with E-state index in [1.54, 1.807) is 0 Å². The van der Waals surface area contributed by atoms with Crippen LogP contribution in [0.1, 0.15) is 44.0 Å².